The minimum Gasteiger partial charge on any atom is -0.484 e. The van der Waals surface area contributed by atoms with E-state index in [1.807, 2.05) is 0 Å². The molecule has 0 aliphatic carbocycles. The number of pyridine rings is 1. The fourth-order valence-corrected chi connectivity index (χ4v) is 3.13. The Kier molecular flexibility index (Phi) is 5.20. The summed E-state index contributed by atoms with van der Waals surface area (Å²) in [7, 11) is 0. The van der Waals surface area contributed by atoms with Gasteiger partial charge in [0, 0.05) is 18.0 Å². The van der Waals surface area contributed by atoms with E-state index in [4.69, 9.17) is 15.2 Å². The first-order valence-corrected chi connectivity index (χ1v) is 9.26. The molecule has 0 saturated carbocycles. The van der Waals surface area contributed by atoms with E-state index >= 15 is 0 Å². The first-order chi connectivity index (χ1) is 15.1. The number of aryl methyl sites for hydroxylation is 1. The van der Waals surface area contributed by atoms with E-state index in [-0.39, 0.29) is 22.7 Å². The highest BCUT2D eigenvalue weighted by Gasteiger charge is 2.31. The number of hydrogen-bond acceptors (Lipinski definition) is 6. The molecule has 2 N–H and O–H groups in total. The highest BCUT2D eigenvalue weighted by atomic mass is 19.4. The molecule has 1 amide bonds. The molecule has 0 unspecified atom stereocenters. The lowest BCUT2D eigenvalue weighted by atomic mass is 10.1. The van der Waals surface area contributed by atoms with Crippen molar-refractivity contribution in [2.24, 2.45) is 5.73 Å². The first kappa shape index (κ1) is 21.2. The van der Waals surface area contributed by atoms with Crippen LogP contribution in [0.15, 0.2) is 41.6 Å². The molecule has 1 aromatic carbocycles. The smallest absolute Gasteiger partial charge is 0.416 e. The van der Waals surface area contributed by atoms with Gasteiger partial charge in [0.15, 0.2) is 5.75 Å². The second-order valence-corrected chi connectivity index (χ2v) is 6.92. The fourth-order valence-electron chi connectivity index (χ4n) is 3.13. The van der Waals surface area contributed by atoms with E-state index in [1.54, 1.807) is 0 Å². The number of aromatic nitrogens is 4. The summed E-state index contributed by atoms with van der Waals surface area (Å²) in [6.07, 6.45) is -1.07. The zero-order valence-corrected chi connectivity index (χ0v) is 16.6. The van der Waals surface area contributed by atoms with Gasteiger partial charge in [0.1, 0.15) is 19.5 Å². The normalized spacial score (nSPS) is 13.8. The number of ether oxygens (including phenoxy) is 2. The van der Waals surface area contributed by atoms with Gasteiger partial charge in [0.25, 0.3) is 11.8 Å². The molecular weight excluding hydrogens is 431 g/mol. The van der Waals surface area contributed by atoms with Crippen molar-refractivity contribution in [1.82, 2.24) is 19.3 Å². The number of halogens is 3. The molecule has 12 heteroatoms. The van der Waals surface area contributed by atoms with Crippen LogP contribution in [0.4, 0.5) is 13.2 Å². The zero-order chi connectivity index (χ0) is 23.0. The number of nitrogens with two attached hydrogens (primary N) is 1. The van der Waals surface area contributed by atoms with Crippen LogP contribution in [-0.2, 0) is 11.0 Å². The van der Waals surface area contributed by atoms with Crippen LogP contribution in [0.1, 0.15) is 16.7 Å². The Hall–Kier alpha value is -4.09. The second kappa shape index (κ2) is 7.87. The van der Waals surface area contributed by atoms with Gasteiger partial charge >= 0.3 is 11.9 Å². The fraction of sp³-hybridized carbons (Fsp3) is 0.200. The van der Waals surface area contributed by atoms with Crippen LogP contribution in [0.25, 0.3) is 17.5 Å². The Morgan fingerprint density at radius 1 is 1.19 bits per heavy atom. The molecule has 3 aromatic rings. The average molecular weight is 447 g/mol. The van der Waals surface area contributed by atoms with Gasteiger partial charge in [-0.25, -0.2) is 9.78 Å². The number of carbonyl (C=O) groups is 1. The van der Waals surface area contributed by atoms with Gasteiger partial charge in [-0.2, -0.15) is 23.0 Å². The van der Waals surface area contributed by atoms with Gasteiger partial charge < -0.3 is 15.2 Å². The largest absolute Gasteiger partial charge is 0.484 e. The summed E-state index contributed by atoms with van der Waals surface area (Å²) in [4.78, 5) is 28.9. The lowest BCUT2D eigenvalue weighted by Gasteiger charge is -2.17. The van der Waals surface area contributed by atoms with Crippen LogP contribution in [0, 0.1) is 6.92 Å². The van der Waals surface area contributed by atoms with Crippen molar-refractivity contribution < 1.29 is 27.4 Å². The molecular formula is C20H16F3N5O4. The maximum Gasteiger partial charge on any atom is 0.416 e. The van der Waals surface area contributed by atoms with Crippen molar-refractivity contribution in [2.45, 2.75) is 13.1 Å². The van der Waals surface area contributed by atoms with Crippen LogP contribution in [0.3, 0.4) is 0 Å². The molecule has 1 aliphatic heterocycles. The number of amides is 1. The number of nitrogens with zero attached hydrogens (tertiary/aromatic N) is 4. The summed E-state index contributed by atoms with van der Waals surface area (Å²) in [5.41, 5.74) is 4.16. The molecule has 9 nitrogen and oxygen atoms in total. The lowest BCUT2D eigenvalue weighted by Crippen LogP contribution is -2.23. The van der Waals surface area contributed by atoms with Crippen LogP contribution >= 0.6 is 0 Å². The van der Waals surface area contributed by atoms with Gasteiger partial charge in [-0.3, -0.25) is 9.36 Å². The Balaban J connectivity index is 1.76. The van der Waals surface area contributed by atoms with Crippen molar-refractivity contribution in [2.75, 3.05) is 13.2 Å². The number of primary amides is 1. The highest BCUT2D eigenvalue weighted by Crippen LogP contribution is 2.32. The molecule has 2 aromatic heterocycles. The molecule has 0 bridgehead atoms. The Morgan fingerprint density at radius 2 is 1.94 bits per heavy atom. The SMILES string of the molecule is Cc1cc(-n2ncn(/C=C(/C(N)=O)c3cnc4c(c3)OCCO4)c2=O)cc(C(F)(F)F)c1. The highest BCUT2D eigenvalue weighted by molar-refractivity contribution is 6.22. The molecule has 4 rings (SSSR count). The average Bonchev–Trinajstić information content (AvgIpc) is 3.10. The van der Waals surface area contributed by atoms with E-state index in [9.17, 15) is 22.8 Å². The standard InChI is InChI=1S/C20H16F3N5O4/c1-11-4-13(20(21,22)23)7-14(5-11)28-19(30)27(10-26-28)9-15(17(24)29)12-6-16-18(25-8-12)32-3-2-31-16/h4-10H,2-3H2,1H3,(H2,24,29)/b15-9+. The third kappa shape index (κ3) is 4.06. The van der Waals surface area contributed by atoms with Crippen LogP contribution in [0.2, 0.25) is 0 Å². The first-order valence-electron chi connectivity index (χ1n) is 9.26. The number of alkyl halides is 3. The number of benzene rings is 1. The Morgan fingerprint density at radius 3 is 2.66 bits per heavy atom. The third-order valence-corrected chi connectivity index (χ3v) is 4.57. The molecule has 0 fully saturated rings. The predicted molar refractivity (Wildman–Crippen MR) is 106 cm³/mol. The van der Waals surface area contributed by atoms with Gasteiger partial charge in [-0.1, -0.05) is 0 Å². The summed E-state index contributed by atoms with van der Waals surface area (Å²) in [5.74, 6) is -0.296. The van der Waals surface area contributed by atoms with Crippen molar-refractivity contribution in [3.63, 3.8) is 0 Å². The summed E-state index contributed by atoms with van der Waals surface area (Å²) in [6.45, 7) is 2.11. The Bertz CT molecular complexity index is 1290. The molecule has 3 heterocycles. The van der Waals surface area contributed by atoms with Crippen molar-refractivity contribution in [3.8, 4) is 17.3 Å². The second-order valence-electron chi connectivity index (χ2n) is 6.92. The number of fused-ring (bicyclic) bond motifs is 1. The summed E-state index contributed by atoms with van der Waals surface area (Å²) < 4.78 is 51.9. The van der Waals surface area contributed by atoms with E-state index in [0.29, 0.717) is 24.5 Å². The minimum atomic E-state index is -4.59. The topological polar surface area (TPSA) is 114 Å². The molecule has 0 atom stereocenters. The molecule has 166 valence electrons. The van der Waals surface area contributed by atoms with Gasteiger partial charge in [-0.05, 0) is 36.8 Å². The van der Waals surface area contributed by atoms with Crippen LogP contribution in [0.5, 0.6) is 11.6 Å². The molecule has 0 saturated heterocycles. The Labute approximate surface area is 178 Å². The summed E-state index contributed by atoms with van der Waals surface area (Å²) in [6, 6.07) is 4.65. The minimum absolute atomic E-state index is 0.0731. The maximum atomic E-state index is 13.1. The summed E-state index contributed by atoms with van der Waals surface area (Å²) >= 11 is 0. The van der Waals surface area contributed by atoms with E-state index in [1.165, 1.54) is 25.3 Å². The van der Waals surface area contributed by atoms with Crippen molar-refractivity contribution in [1.29, 1.82) is 0 Å². The quantitative estimate of drug-likeness (QED) is 0.612. The van der Waals surface area contributed by atoms with Crippen LogP contribution < -0.4 is 20.9 Å². The predicted octanol–water partition coefficient (Wildman–Crippen LogP) is 2.01. The maximum absolute atomic E-state index is 13.1. The molecule has 1 aliphatic rings. The van der Waals surface area contributed by atoms with Gasteiger partial charge in [0.2, 0.25) is 0 Å². The molecule has 32 heavy (non-hydrogen) atoms. The van der Waals surface area contributed by atoms with Gasteiger partial charge in [-0.15, -0.1) is 0 Å². The van der Waals surface area contributed by atoms with Crippen molar-refractivity contribution in [3.05, 3.63) is 64.0 Å². The molecule has 0 radical (unpaired) electrons. The van der Waals surface area contributed by atoms with E-state index in [0.717, 1.165) is 33.9 Å². The number of hydrogen-bond donors (Lipinski definition) is 1. The lowest BCUT2D eigenvalue weighted by molar-refractivity contribution is -0.137. The van der Waals surface area contributed by atoms with Crippen LogP contribution in [-0.4, -0.2) is 38.5 Å². The zero-order valence-electron chi connectivity index (χ0n) is 16.6. The number of rotatable bonds is 4. The monoisotopic (exact) mass is 447 g/mol. The van der Waals surface area contributed by atoms with Crippen molar-refractivity contribution >= 4 is 17.7 Å². The van der Waals surface area contributed by atoms with E-state index < -0.39 is 23.3 Å². The van der Waals surface area contributed by atoms with Gasteiger partial charge in [0.05, 0.1) is 16.8 Å². The summed E-state index contributed by atoms with van der Waals surface area (Å²) in [5, 5.41) is 3.87. The van der Waals surface area contributed by atoms with E-state index in [2.05, 4.69) is 10.1 Å². The number of carbonyl (C=O) groups excluding carboxylic acids is 1. The molecule has 0 spiro atoms. The third-order valence-electron chi connectivity index (χ3n) is 4.57.